The van der Waals surface area contributed by atoms with E-state index in [-0.39, 0.29) is 5.91 Å². The molecule has 0 aromatic heterocycles. The Bertz CT molecular complexity index is 243. The molecule has 1 N–H and O–H groups in total. The molecule has 1 atom stereocenters. The molecule has 4 nitrogen and oxygen atoms in total. The lowest BCUT2D eigenvalue weighted by molar-refractivity contribution is -0.131. The van der Waals surface area contributed by atoms with Crippen molar-refractivity contribution < 1.29 is 9.53 Å². The second-order valence-corrected chi connectivity index (χ2v) is 5.20. The number of carbonyl (C=O) groups excluding carboxylic acids is 1. The molecule has 0 aromatic carbocycles. The van der Waals surface area contributed by atoms with Crippen molar-refractivity contribution in [3.05, 3.63) is 12.7 Å². The molecule has 1 fully saturated rings. The van der Waals surface area contributed by atoms with Crippen molar-refractivity contribution in [2.45, 2.75) is 12.5 Å². The summed E-state index contributed by atoms with van der Waals surface area (Å²) >= 11 is 1.91. The predicted molar refractivity (Wildman–Crippen MR) is 72.4 cm³/mol. The molecule has 0 saturated carbocycles. The van der Waals surface area contributed by atoms with Crippen LogP contribution in [0.15, 0.2) is 12.7 Å². The van der Waals surface area contributed by atoms with Gasteiger partial charge in [-0.25, -0.2) is 0 Å². The van der Waals surface area contributed by atoms with Gasteiger partial charge in [0.25, 0.3) is 0 Å². The van der Waals surface area contributed by atoms with Gasteiger partial charge in [0.05, 0.1) is 6.61 Å². The number of hydrogen-bond acceptors (Lipinski definition) is 4. The van der Waals surface area contributed by atoms with Gasteiger partial charge in [-0.1, -0.05) is 6.08 Å². The molecule has 98 valence electrons. The Labute approximate surface area is 108 Å². The van der Waals surface area contributed by atoms with E-state index in [0.29, 0.717) is 32.2 Å². The van der Waals surface area contributed by atoms with Crippen LogP contribution in [0.25, 0.3) is 0 Å². The Morgan fingerprint density at radius 2 is 2.53 bits per heavy atom. The Morgan fingerprint density at radius 3 is 3.12 bits per heavy atom. The fourth-order valence-electron chi connectivity index (χ4n) is 1.77. The number of rotatable bonds is 7. The smallest absolute Gasteiger partial charge is 0.224 e. The Kier molecular flexibility index (Phi) is 7.32. The summed E-state index contributed by atoms with van der Waals surface area (Å²) in [6, 6.07) is 0.316. The minimum Gasteiger partial charge on any atom is -0.383 e. The van der Waals surface area contributed by atoms with E-state index in [1.54, 1.807) is 18.1 Å². The molecule has 0 bridgehead atoms. The summed E-state index contributed by atoms with van der Waals surface area (Å²) in [6.45, 7) is 6.50. The van der Waals surface area contributed by atoms with Crippen molar-refractivity contribution >= 4 is 17.7 Å². The lowest BCUT2D eigenvalue weighted by Crippen LogP contribution is -2.43. The van der Waals surface area contributed by atoms with E-state index in [1.807, 2.05) is 11.8 Å². The quantitative estimate of drug-likeness (QED) is 0.684. The van der Waals surface area contributed by atoms with Crippen molar-refractivity contribution in [1.82, 2.24) is 10.2 Å². The molecule has 1 aliphatic heterocycles. The lowest BCUT2D eigenvalue weighted by Gasteiger charge is -2.26. The molecule has 0 radical (unpaired) electrons. The third kappa shape index (κ3) is 5.57. The van der Waals surface area contributed by atoms with Crippen molar-refractivity contribution in [2.24, 2.45) is 0 Å². The molecule has 1 heterocycles. The van der Waals surface area contributed by atoms with E-state index in [0.717, 1.165) is 18.1 Å². The van der Waals surface area contributed by atoms with E-state index in [4.69, 9.17) is 4.74 Å². The average Bonchev–Trinajstić information content (AvgIpc) is 2.35. The van der Waals surface area contributed by atoms with E-state index in [2.05, 4.69) is 11.9 Å². The molecule has 0 spiro atoms. The van der Waals surface area contributed by atoms with E-state index in [1.165, 1.54) is 0 Å². The van der Waals surface area contributed by atoms with Crippen molar-refractivity contribution in [2.75, 3.05) is 44.9 Å². The van der Waals surface area contributed by atoms with E-state index >= 15 is 0 Å². The highest BCUT2D eigenvalue weighted by Gasteiger charge is 2.20. The average molecular weight is 258 g/mol. The zero-order valence-corrected chi connectivity index (χ0v) is 11.3. The maximum atomic E-state index is 12.1. The largest absolute Gasteiger partial charge is 0.383 e. The van der Waals surface area contributed by atoms with Crippen LogP contribution in [0.1, 0.15) is 6.42 Å². The van der Waals surface area contributed by atoms with Crippen LogP contribution in [-0.4, -0.2) is 61.7 Å². The monoisotopic (exact) mass is 258 g/mol. The number of nitrogens with one attached hydrogen (secondary N) is 1. The van der Waals surface area contributed by atoms with Crippen molar-refractivity contribution in [1.29, 1.82) is 0 Å². The first-order valence-electron chi connectivity index (χ1n) is 5.96. The van der Waals surface area contributed by atoms with E-state index < -0.39 is 0 Å². The number of hydrogen-bond donors (Lipinski definition) is 1. The second kappa shape index (κ2) is 8.55. The van der Waals surface area contributed by atoms with Crippen LogP contribution in [0.4, 0.5) is 0 Å². The molecule has 0 aliphatic carbocycles. The SMILES string of the molecule is C=CCN(CCOC)C(=O)CC1CSCCN1. The zero-order valence-electron chi connectivity index (χ0n) is 10.5. The zero-order chi connectivity index (χ0) is 12.5. The van der Waals surface area contributed by atoms with Crippen LogP contribution in [0, 0.1) is 0 Å². The van der Waals surface area contributed by atoms with E-state index in [9.17, 15) is 4.79 Å². The van der Waals surface area contributed by atoms with Crippen LogP contribution in [0.3, 0.4) is 0 Å². The molecular formula is C12H22N2O2S. The van der Waals surface area contributed by atoms with Crippen LogP contribution in [0.2, 0.25) is 0 Å². The predicted octanol–water partition coefficient (Wildman–Crippen LogP) is 0.742. The van der Waals surface area contributed by atoms with Crippen LogP contribution in [-0.2, 0) is 9.53 Å². The Hall–Kier alpha value is -0.520. The third-order valence-electron chi connectivity index (χ3n) is 2.69. The van der Waals surface area contributed by atoms with Gasteiger partial charge in [-0.3, -0.25) is 4.79 Å². The standard InChI is InChI=1S/C12H22N2O2S/c1-3-5-14(6-7-16-2)12(15)9-11-10-17-8-4-13-11/h3,11,13H,1,4-10H2,2H3. The molecule has 17 heavy (non-hydrogen) atoms. The highest BCUT2D eigenvalue weighted by molar-refractivity contribution is 7.99. The van der Waals surface area contributed by atoms with Crippen molar-refractivity contribution in [3.8, 4) is 0 Å². The number of ether oxygens (including phenoxy) is 1. The van der Waals surface area contributed by atoms with Crippen LogP contribution < -0.4 is 5.32 Å². The summed E-state index contributed by atoms with van der Waals surface area (Å²) in [5, 5.41) is 3.38. The van der Waals surface area contributed by atoms with Gasteiger partial charge in [0.1, 0.15) is 0 Å². The maximum Gasteiger partial charge on any atom is 0.224 e. The topological polar surface area (TPSA) is 41.6 Å². The molecule has 5 heteroatoms. The Morgan fingerprint density at radius 1 is 1.71 bits per heavy atom. The summed E-state index contributed by atoms with van der Waals surface area (Å²) in [6.07, 6.45) is 2.33. The number of carbonyl (C=O) groups is 1. The van der Waals surface area contributed by atoms with Crippen LogP contribution >= 0.6 is 11.8 Å². The van der Waals surface area contributed by atoms with Crippen molar-refractivity contribution in [3.63, 3.8) is 0 Å². The van der Waals surface area contributed by atoms with Gasteiger partial charge in [0.2, 0.25) is 5.91 Å². The minimum absolute atomic E-state index is 0.182. The van der Waals surface area contributed by atoms with Gasteiger partial charge in [0, 0.05) is 50.7 Å². The maximum absolute atomic E-state index is 12.1. The lowest BCUT2D eigenvalue weighted by atomic mass is 10.2. The summed E-state index contributed by atoms with van der Waals surface area (Å²) in [7, 11) is 1.65. The van der Waals surface area contributed by atoms with Gasteiger partial charge < -0.3 is 15.0 Å². The normalized spacial score (nSPS) is 19.9. The molecular weight excluding hydrogens is 236 g/mol. The summed E-state index contributed by atoms with van der Waals surface area (Å²) in [5.74, 6) is 2.35. The summed E-state index contributed by atoms with van der Waals surface area (Å²) < 4.78 is 5.01. The van der Waals surface area contributed by atoms with Gasteiger partial charge >= 0.3 is 0 Å². The molecule has 1 saturated heterocycles. The second-order valence-electron chi connectivity index (χ2n) is 4.05. The molecule has 1 amide bonds. The number of methoxy groups -OCH3 is 1. The first-order chi connectivity index (χ1) is 8.27. The van der Waals surface area contributed by atoms with Gasteiger partial charge in [-0.05, 0) is 0 Å². The van der Waals surface area contributed by atoms with Gasteiger partial charge in [-0.2, -0.15) is 11.8 Å². The van der Waals surface area contributed by atoms with Crippen LogP contribution in [0.5, 0.6) is 0 Å². The first kappa shape index (κ1) is 14.5. The summed E-state index contributed by atoms with van der Waals surface area (Å²) in [4.78, 5) is 13.9. The van der Waals surface area contributed by atoms with Gasteiger partial charge in [-0.15, -0.1) is 6.58 Å². The highest BCUT2D eigenvalue weighted by atomic mass is 32.2. The Balaban J connectivity index is 2.36. The molecule has 1 rings (SSSR count). The first-order valence-corrected chi connectivity index (χ1v) is 7.12. The fourth-order valence-corrected chi connectivity index (χ4v) is 2.71. The van der Waals surface area contributed by atoms with Gasteiger partial charge in [0.15, 0.2) is 0 Å². The number of amides is 1. The highest BCUT2D eigenvalue weighted by Crippen LogP contribution is 2.11. The third-order valence-corrected chi connectivity index (χ3v) is 3.82. The number of thioether (sulfide) groups is 1. The molecule has 1 unspecified atom stereocenters. The fraction of sp³-hybridized carbons (Fsp3) is 0.750. The summed E-state index contributed by atoms with van der Waals surface area (Å²) in [5.41, 5.74) is 0. The minimum atomic E-state index is 0.182. The molecule has 0 aromatic rings. The molecule has 1 aliphatic rings. The number of nitrogens with zero attached hydrogens (tertiary/aromatic N) is 1.